The van der Waals surface area contributed by atoms with Gasteiger partial charge in [-0.05, 0) is 16.9 Å². The van der Waals surface area contributed by atoms with Crippen LogP contribution in [0.4, 0.5) is 0 Å². The van der Waals surface area contributed by atoms with Crippen molar-refractivity contribution in [1.82, 2.24) is 20.6 Å². The van der Waals surface area contributed by atoms with Gasteiger partial charge in [-0.2, -0.15) is 5.21 Å². The highest BCUT2D eigenvalue weighted by molar-refractivity contribution is 5.74. The number of H-pyrrole nitrogens is 1. The summed E-state index contributed by atoms with van der Waals surface area (Å²) >= 11 is 0. The molecule has 1 aromatic carbocycles. The van der Waals surface area contributed by atoms with Gasteiger partial charge in [-0.3, -0.25) is 4.79 Å². The number of allylic oxidation sites excluding steroid dienone is 1. The number of nitrogens with zero attached hydrogens (tertiary/aromatic N) is 3. The van der Waals surface area contributed by atoms with E-state index < -0.39 is 0 Å². The van der Waals surface area contributed by atoms with Gasteiger partial charge in [-0.15, -0.1) is 10.2 Å². The van der Waals surface area contributed by atoms with Crippen molar-refractivity contribution in [2.75, 3.05) is 0 Å². The molecule has 0 spiro atoms. The second kappa shape index (κ2) is 4.28. The Kier molecular flexibility index (Phi) is 2.64. The van der Waals surface area contributed by atoms with Crippen molar-refractivity contribution in [3.05, 3.63) is 35.9 Å². The molecule has 0 aliphatic carbocycles. The fourth-order valence-electron chi connectivity index (χ4n) is 1.18. The number of rotatable bonds is 3. The Morgan fingerprint density at radius 3 is 2.60 bits per heavy atom. The van der Waals surface area contributed by atoms with Crippen LogP contribution in [0.3, 0.4) is 0 Å². The first kappa shape index (κ1) is 9.26. The molecule has 0 saturated carbocycles. The molecule has 0 amide bonds. The molecule has 5 nitrogen and oxygen atoms in total. The molecule has 15 heavy (non-hydrogen) atoms. The molecule has 1 N–H and O–H groups in total. The van der Waals surface area contributed by atoms with Crippen LogP contribution in [0, 0.1) is 0 Å². The van der Waals surface area contributed by atoms with Gasteiger partial charge in [0.15, 0.2) is 0 Å². The number of aromatic amines is 1. The average molecular weight is 200 g/mol. The van der Waals surface area contributed by atoms with Gasteiger partial charge in [0.1, 0.15) is 6.29 Å². The molecule has 0 fully saturated rings. The van der Waals surface area contributed by atoms with Crippen LogP contribution in [0.1, 0.15) is 5.56 Å². The predicted octanol–water partition coefficient (Wildman–Crippen LogP) is 1.08. The number of aromatic nitrogens is 4. The van der Waals surface area contributed by atoms with Crippen molar-refractivity contribution in [2.45, 2.75) is 0 Å². The average Bonchev–Trinajstić information content (AvgIpc) is 2.80. The van der Waals surface area contributed by atoms with E-state index in [1.165, 1.54) is 6.08 Å². The molecule has 0 atom stereocenters. The predicted molar refractivity (Wildman–Crippen MR) is 54.7 cm³/mol. The second-order valence-electron chi connectivity index (χ2n) is 2.85. The molecule has 2 rings (SSSR count). The van der Waals surface area contributed by atoms with Crippen molar-refractivity contribution in [1.29, 1.82) is 0 Å². The molecule has 5 heteroatoms. The largest absolute Gasteiger partial charge is 0.299 e. The maximum absolute atomic E-state index is 10.1. The molecule has 0 radical (unpaired) electrons. The fourth-order valence-corrected chi connectivity index (χ4v) is 1.18. The first-order valence-electron chi connectivity index (χ1n) is 4.36. The number of aldehydes is 1. The number of carbonyl (C=O) groups excluding carboxylic acids is 1. The molecular weight excluding hydrogens is 192 g/mol. The minimum absolute atomic E-state index is 0.556. The summed E-state index contributed by atoms with van der Waals surface area (Å²) in [6, 6.07) is 7.50. The summed E-state index contributed by atoms with van der Waals surface area (Å²) in [5, 5.41) is 13.6. The Labute approximate surface area is 85.8 Å². The molecule has 1 aromatic heterocycles. The lowest BCUT2D eigenvalue weighted by molar-refractivity contribution is -0.104. The lowest BCUT2D eigenvalue weighted by Crippen LogP contribution is -1.81. The van der Waals surface area contributed by atoms with E-state index in [0.717, 1.165) is 17.4 Å². The lowest BCUT2D eigenvalue weighted by Gasteiger charge is -1.95. The first-order chi connectivity index (χ1) is 7.40. The highest BCUT2D eigenvalue weighted by atomic mass is 16.1. The van der Waals surface area contributed by atoms with Gasteiger partial charge < -0.3 is 0 Å². The molecule has 1 heterocycles. The van der Waals surface area contributed by atoms with Gasteiger partial charge in [0.05, 0.1) is 0 Å². The topological polar surface area (TPSA) is 71.5 Å². The van der Waals surface area contributed by atoms with E-state index in [9.17, 15) is 4.79 Å². The van der Waals surface area contributed by atoms with E-state index in [0.29, 0.717) is 5.82 Å². The monoisotopic (exact) mass is 200 g/mol. The number of benzene rings is 1. The maximum Gasteiger partial charge on any atom is 0.204 e. The van der Waals surface area contributed by atoms with Gasteiger partial charge in [0, 0.05) is 5.56 Å². The Balaban J connectivity index is 2.24. The van der Waals surface area contributed by atoms with Gasteiger partial charge >= 0.3 is 0 Å². The Hall–Kier alpha value is -2.30. The number of hydrogen-bond acceptors (Lipinski definition) is 4. The summed E-state index contributed by atoms with van der Waals surface area (Å²) in [6.45, 7) is 0. The zero-order valence-corrected chi connectivity index (χ0v) is 7.79. The Morgan fingerprint density at radius 1 is 1.20 bits per heavy atom. The van der Waals surface area contributed by atoms with Crippen molar-refractivity contribution < 1.29 is 4.79 Å². The van der Waals surface area contributed by atoms with Crippen molar-refractivity contribution in [3.63, 3.8) is 0 Å². The first-order valence-corrected chi connectivity index (χ1v) is 4.36. The molecule has 2 aromatic rings. The lowest BCUT2D eigenvalue weighted by atomic mass is 10.1. The second-order valence-corrected chi connectivity index (χ2v) is 2.85. The molecule has 0 bridgehead atoms. The van der Waals surface area contributed by atoms with Gasteiger partial charge in [0.2, 0.25) is 5.82 Å². The van der Waals surface area contributed by atoms with Gasteiger partial charge in [0.25, 0.3) is 0 Å². The van der Waals surface area contributed by atoms with Crippen LogP contribution in [0.2, 0.25) is 0 Å². The van der Waals surface area contributed by atoms with Crippen LogP contribution >= 0.6 is 0 Å². The number of nitrogens with one attached hydrogen (secondary N) is 1. The van der Waals surface area contributed by atoms with Crippen LogP contribution in [-0.4, -0.2) is 26.9 Å². The third-order valence-corrected chi connectivity index (χ3v) is 1.88. The standard InChI is InChI=1S/C10H8N4O/c15-7-1-2-8-3-5-9(6-4-8)10-11-13-14-12-10/h1-7H,(H,11,12,13,14). The van der Waals surface area contributed by atoms with E-state index in [1.54, 1.807) is 6.08 Å². The molecule has 74 valence electrons. The molecular formula is C10H8N4O. The molecule has 0 unspecified atom stereocenters. The van der Waals surface area contributed by atoms with Crippen LogP contribution in [0.25, 0.3) is 17.5 Å². The zero-order valence-electron chi connectivity index (χ0n) is 7.79. The van der Waals surface area contributed by atoms with Crippen molar-refractivity contribution in [2.24, 2.45) is 0 Å². The summed E-state index contributed by atoms with van der Waals surface area (Å²) in [5.74, 6) is 0.556. The highest BCUT2D eigenvalue weighted by Gasteiger charge is 2.00. The van der Waals surface area contributed by atoms with Crippen LogP contribution < -0.4 is 0 Å². The van der Waals surface area contributed by atoms with E-state index >= 15 is 0 Å². The number of tetrazole rings is 1. The van der Waals surface area contributed by atoms with Crippen LogP contribution in [0.15, 0.2) is 30.3 Å². The quantitative estimate of drug-likeness (QED) is 0.594. The van der Waals surface area contributed by atoms with Crippen LogP contribution in [-0.2, 0) is 4.79 Å². The van der Waals surface area contributed by atoms with E-state index in [1.807, 2.05) is 24.3 Å². The van der Waals surface area contributed by atoms with E-state index in [2.05, 4.69) is 20.6 Å². The van der Waals surface area contributed by atoms with E-state index in [4.69, 9.17) is 0 Å². The fraction of sp³-hybridized carbons (Fsp3) is 0. The molecule has 0 aliphatic rings. The van der Waals surface area contributed by atoms with Crippen molar-refractivity contribution in [3.8, 4) is 11.4 Å². The number of hydrogen-bond donors (Lipinski definition) is 1. The third kappa shape index (κ3) is 2.14. The van der Waals surface area contributed by atoms with Crippen LogP contribution in [0.5, 0.6) is 0 Å². The van der Waals surface area contributed by atoms with Gasteiger partial charge in [-0.1, -0.05) is 30.3 Å². The Bertz CT molecular complexity index is 459. The summed E-state index contributed by atoms with van der Waals surface area (Å²) in [4.78, 5) is 10.1. The Morgan fingerprint density at radius 2 is 2.00 bits per heavy atom. The molecule has 0 aliphatic heterocycles. The summed E-state index contributed by atoms with van der Waals surface area (Å²) in [5.41, 5.74) is 1.83. The molecule has 0 saturated heterocycles. The minimum Gasteiger partial charge on any atom is -0.299 e. The smallest absolute Gasteiger partial charge is 0.204 e. The third-order valence-electron chi connectivity index (χ3n) is 1.88. The van der Waals surface area contributed by atoms with E-state index in [-0.39, 0.29) is 0 Å². The summed E-state index contributed by atoms with van der Waals surface area (Å²) in [7, 11) is 0. The zero-order chi connectivity index (χ0) is 10.5. The summed E-state index contributed by atoms with van der Waals surface area (Å²) in [6.07, 6.45) is 3.92. The normalized spacial score (nSPS) is 10.7. The highest BCUT2D eigenvalue weighted by Crippen LogP contribution is 2.14. The summed E-state index contributed by atoms with van der Waals surface area (Å²) < 4.78 is 0. The van der Waals surface area contributed by atoms with Gasteiger partial charge in [-0.25, -0.2) is 0 Å². The minimum atomic E-state index is 0.556. The number of carbonyl (C=O) groups is 1. The van der Waals surface area contributed by atoms with Crippen molar-refractivity contribution >= 4 is 12.4 Å². The SMILES string of the molecule is O=CC=Cc1ccc(-c2nn[nH]n2)cc1. The maximum atomic E-state index is 10.1.